The van der Waals surface area contributed by atoms with E-state index in [1.54, 1.807) is 41.2 Å². The van der Waals surface area contributed by atoms with Crippen molar-refractivity contribution in [1.29, 1.82) is 0 Å². The van der Waals surface area contributed by atoms with E-state index in [1.165, 1.54) is 0 Å². The fourth-order valence-corrected chi connectivity index (χ4v) is 3.14. The summed E-state index contributed by atoms with van der Waals surface area (Å²) in [5.41, 5.74) is 16.0. The number of primary amides is 1. The largest absolute Gasteiger partial charge is 0.398 e. The van der Waals surface area contributed by atoms with Gasteiger partial charge in [0.25, 0.3) is 0 Å². The molecule has 1 amide bonds. The molecule has 0 saturated heterocycles. The number of hydrogen-bond donors (Lipinski definition) is 3. The zero-order chi connectivity index (χ0) is 22.0. The van der Waals surface area contributed by atoms with Gasteiger partial charge in [0.1, 0.15) is 5.69 Å². The molecule has 0 aliphatic carbocycles. The summed E-state index contributed by atoms with van der Waals surface area (Å²) in [6, 6.07) is 14.5. The number of para-hydroxylation sites is 1. The molecule has 4 aromatic rings. The van der Waals surface area contributed by atoms with Crippen molar-refractivity contribution in [3.63, 3.8) is 0 Å². The lowest BCUT2D eigenvalue weighted by molar-refractivity contribution is 0.100. The maximum absolute atomic E-state index is 11.9. The molecule has 0 unspecified atom stereocenters. The van der Waals surface area contributed by atoms with E-state index in [4.69, 9.17) is 11.5 Å². The number of nitrogens with one attached hydrogen (secondary N) is 1. The summed E-state index contributed by atoms with van der Waals surface area (Å²) in [6.07, 6.45) is 3.49. The first kappa shape index (κ1) is 22.4. The van der Waals surface area contributed by atoms with Gasteiger partial charge >= 0.3 is 0 Å². The molecule has 3 radical (unpaired) electrons. The maximum atomic E-state index is 11.9. The normalized spacial score (nSPS) is 10.6. The molecule has 10 nitrogen and oxygen atoms in total. The number of anilines is 3. The molecule has 0 fully saturated rings. The summed E-state index contributed by atoms with van der Waals surface area (Å²) >= 11 is 0. The Labute approximate surface area is 185 Å². The van der Waals surface area contributed by atoms with Crippen LogP contribution in [0.15, 0.2) is 60.9 Å². The maximum Gasteiger partial charge on any atom is 0.249 e. The van der Waals surface area contributed by atoms with Gasteiger partial charge in [0, 0.05) is 40.9 Å². The Morgan fingerprint density at radius 1 is 1.06 bits per heavy atom. The smallest absolute Gasteiger partial charge is 0.249 e. The SMILES string of the molecule is CC(C)n1cc(-c2ccnc(Nc3ccc(C(N)=O)c(-c4ccccc4N)c3)n2)nn1.[N]. The number of nitrogen functional groups attached to an aromatic ring is 1. The van der Waals surface area contributed by atoms with Gasteiger partial charge in [-0.1, -0.05) is 23.4 Å². The number of amides is 1. The van der Waals surface area contributed by atoms with Crippen LogP contribution in [0.5, 0.6) is 0 Å². The summed E-state index contributed by atoms with van der Waals surface area (Å²) in [4.78, 5) is 20.8. The van der Waals surface area contributed by atoms with Gasteiger partial charge in [-0.25, -0.2) is 14.6 Å². The van der Waals surface area contributed by atoms with Crippen molar-refractivity contribution in [2.24, 2.45) is 5.73 Å². The number of carbonyl (C=O) groups is 1. The molecular weight excluding hydrogens is 406 g/mol. The monoisotopic (exact) mass is 428 g/mol. The van der Waals surface area contributed by atoms with Gasteiger partial charge in [0.15, 0.2) is 0 Å². The molecule has 4 rings (SSSR count). The summed E-state index contributed by atoms with van der Waals surface area (Å²) < 4.78 is 1.77. The van der Waals surface area contributed by atoms with Gasteiger partial charge in [-0.3, -0.25) is 4.79 Å². The van der Waals surface area contributed by atoms with Crippen molar-refractivity contribution in [2.75, 3.05) is 11.1 Å². The van der Waals surface area contributed by atoms with Crippen molar-refractivity contribution in [1.82, 2.24) is 31.1 Å². The second-order valence-electron chi connectivity index (χ2n) is 7.28. The first-order valence-corrected chi connectivity index (χ1v) is 9.73. The first-order valence-electron chi connectivity index (χ1n) is 9.73. The van der Waals surface area contributed by atoms with Crippen molar-refractivity contribution in [3.8, 4) is 22.5 Å². The van der Waals surface area contributed by atoms with Crippen molar-refractivity contribution in [2.45, 2.75) is 19.9 Å². The number of nitrogens with zero attached hydrogens (tertiary/aromatic N) is 6. The highest BCUT2D eigenvalue weighted by molar-refractivity contribution is 6.02. The third kappa shape index (κ3) is 4.55. The predicted molar refractivity (Wildman–Crippen MR) is 122 cm³/mol. The zero-order valence-electron chi connectivity index (χ0n) is 17.6. The molecule has 161 valence electrons. The van der Waals surface area contributed by atoms with Crippen molar-refractivity contribution < 1.29 is 4.79 Å². The van der Waals surface area contributed by atoms with Gasteiger partial charge in [0.05, 0.1) is 11.9 Å². The Hall–Kier alpha value is -4.31. The van der Waals surface area contributed by atoms with Gasteiger partial charge in [-0.15, -0.1) is 5.10 Å². The van der Waals surface area contributed by atoms with Crippen LogP contribution in [0.4, 0.5) is 17.3 Å². The Morgan fingerprint density at radius 3 is 2.53 bits per heavy atom. The second-order valence-corrected chi connectivity index (χ2v) is 7.28. The van der Waals surface area contributed by atoms with Crippen molar-refractivity contribution in [3.05, 3.63) is 66.5 Å². The van der Waals surface area contributed by atoms with E-state index < -0.39 is 5.91 Å². The van der Waals surface area contributed by atoms with E-state index in [0.717, 1.165) is 5.56 Å². The highest BCUT2D eigenvalue weighted by Crippen LogP contribution is 2.32. The summed E-state index contributed by atoms with van der Waals surface area (Å²) in [5.74, 6) is -0.147. The third-order valence-corrected chi connectivity index (χ3v) is 4.75. The number of rotatable bonds is 6. The zero-order valence-corrected chi connectivity index (χ0v) is 17.6. The molecule has 0 saturated carbocycles. The number of benzene rings is 2. The summed E-state index contributed by atoms with van der Waals surface area (Å²) in [6.45, 7) is 4.05. The molecule has 0 spiro atoms. The van der Waals surface area contributed by atoms with E-state index in [1.807, 2.05) is 38.2 Å². The van der Waals surface area contributed by atoms with Crippen LogP contribution in [0.1, 0.15) is 30.2 Å². The fourth-order valence-electron chi connectivity index (χ4n) is 3.14. The lowest BCUT2D eigenvalue weighted by Crippen LogP contribution is -2.13. The van der Waals surface area contributed by atoms with Crippen LogP contribution < -0.4 is 22.9 Å². The third-order valence-electron chi connectivity index (χ3n) is 4.75. The van der Waals surface area contributed by atoms with Crippen LogP contribution in [0.25, 0.3) is 22.5 Å². The Kier molecular flexibility index (Phi) is 6.45. The topological polar surface area (TPSA) is 168 Å². The lowest BCUT2D eigenvalue weighted by atomic mass is 9.97. The molecule has 2 aromatic carbocycles. The minimum absolute atomic E-state index is 0. The highest BCUT2D eigenvalue weighted by atomic mass is 16.1. The molecule has 0 atom stereocenters. The highest BCUT2D eigenvalue weighted by Gasteiger charge is 2.14. The van der Waals surface area contributed by atoms with Crippen LogP contribution >= 0.6 is 0 Å². The lowest BCUT2D eigenvalue weighted by Gasteiger charge is -2.13. The van der Waals surface area contributed by atoms with Crippen molar-refractivity contribution >= 4 is 23.2 Å². The minimum atomic E-state index is -0.531. The summed E-state index contributed by atoms with van der Waals surface area (Å²) in [5, 5.41) is 11.5. The second kappa shape index (κ2) is 9.23. The summed E-state index contributed by atoms with van der Waals surface area (Å²) in [7, 11) is 0. The van der Waals surface area contributed by atoms with E-state index in [-0.39, 0.29) is 12.2 Å². The minimum Gasteiger partial charge on any atom is -0.398 e. The quantitative estimate of drug-likeness (QED) is 0.397. The van der Waals surface area contributed by atoms with Gasteiger partial charge in [0.2, 0.25) is 11.9 Å². The molecule has 0 aliphatic heterocycles. The molecule has 0 aliphatic rings. The van der Waals surface area contributed by atoms with Gasteiger partial charge < -0.3 is 16.8 Å². The Bertz CT molecular complexity index is 1250. The van der Waals surface area contributed by atoms with Crippen LogP contribution in [0, 0.1) is 0 Å². The van der Waals surface area contributed by atoms with E-state index >= 15 is 0 Å². The number of hydrogen-bond acceptors (Lipinski definition) is 7. The van der Waals surface area contributed by atoms with E-state index in [9.17, 15) is 4.79 Å². The molecule has 5 N–H and O–H groups in total. The van der Waals surface area contributed by atoms with Crippen LogP contribution in [-0.4, -0.2) is 30.9 Å². The average Bonchev–Trinajstić information content (AvgIpc) is 3.25. The standard InChI is InChI=1S/C22H22N8O.N/c1-13(2)30-12-20(28-29-30)19-9-10-25-22(27-19)26-14-7-8-16(21(24)31)17(11-14)15-5-3-4-6-18(15)23;/h3-13H,23H2,1-2H3,(H2,24,31)(H,25,26,27);. The first-order chi connectivity index (χ1) is 14.9. The molecule has 2 heterocycles. The number of carbonyl (C=O) groups excluding carboxylic acids is 1. The Morgan fingerprint density at radius 2 is 1.84 bits per heavy atom. The Balaban J connectivity index is 0.00000289. The number of nitrogens with two attached hydrogens (primary N) is 2. The number of aromatic nitrogens is 5. The molecular formula is C22H22N9O. The van der Waals surface area contributed by atoms with Gasteiger partial charge in [-0.05, 0) is 49.7 Å². The van der Waals surface area contributed by atoms with Crippen LogP contribution in [-0.2, 0) is 0 Å². The van der Waals surface area contributed by atoms with Crippen LogP contribution in [0.3, 0.4) is 0 Å². The van der Waals surface area contributed by atoms with Gasteiger partial charge in [-0.2, -0.15) is 0 Å². The average molecular weight is 428 g/mol. The fraction of sp³-hybridized carbons (Fsp3) is 0.136. The molecule has 10 heteroatoms. The molecule has 0 bridgehead atoms. The van der Waals surface area contributed by atoms with E-state index in [0.29, 0.717) is 39.8 Å². The van der Waals surface area contributed by atoms with Crippen LogP contribution in [0.2, 0.25) is 0 Å². The predicted octanol–water partition coefficient (Wildman–Crippen LogP) is 2.93. The molecule has 2 aromatic heterocycles. The molecule has 32 heavy (non-hydrogen) atoms. The van der Waals surface area contributed by atoms with E-state index in [2.05, 4.69) is 25.6 Å².